The average Bonchev–Trinajstić information content (AvgIpc) is 2.76. The lowest BCUT2D eigenvalue weighted by Gasteiger charge is -2.09. The number of nitriles is 1. The van der Waals surface area contributed by atoms with E-state index < -0.39 is 0 Å². The summed E-state index contributed by atoms with van der Waals surface area (Å²) in [6.45, 7) is 4.09. The number of hydrogen-bond donors (Lipinski definition) is 0. The maximum absolute atomic E-state index is 8.82. The van der Waals surface area contributed by atoms with Crippen LogP contribution in [0.4, 0.5) is 0 Å². The molecule has 0 saturated heterocycles. The fraction of sp³-hybridized carbons (Fsp3) is 0.231. The van der Waals surface area contributed by atoms with Gasteiger partial charge in [-0.3, -0.25) is 0 Å². The topological polar surface area (TPSA) is 41.6 Å². The zero-order chi connectivity index (χ0) is 11.5. The lowest BCUT2D eigenvalue weighted by atomic mass is 10.1. The van der Waals surface area contributed by atoms with Crippen molar-refractivity contribution in [3.05, 3.63) is 47.5 Å². The Balaban J connectivity index is 2.53. The second-order valence-electron chi connectivity index (χ2n) is 3.68. The van der Waals surface area contributed by atoms with Crippen LogP contribution in [0.5, 0.6) is 0 Å². The second kappa shape index (κ2) is 4.19. The normalized spacial score (nSPS) is 10.1. The van der Waals surface area contributed by atoms with Crippen LogP contribution in [0.2, 0.25) is 0 Å². The van der Waals surface area contributed by atoms with Gasteiger partial charge in [0.15, 0.2) is 0 Å². The molecule has 0 saturated carbocycles. The summed E-state index contributed by atoms with van der Waals surface area (Å²) in [5.74, 6) is 1.04. The van der Waals surface area contributed by atoms with Gasteiger partial charge in [-0.05, 0) is 30.7 Å². The average molecular weight is 211 g/mol. The Kier molecular flexibility index (Phi) is 2.74. The number of imidazole rings is 1. The molecule has 2 rings (SSSR count). The number of aryl methyl sites for hydroxylation is 2. The Morgan fingerprint density at radius 2 is 2.25 bits per heavy atom. The quantitative estimate of drug-likeness (QED) is 0.766. The van der Waals surface area contributed by atoms with E-state index in [4.69, 9.17) is 5.26 Å². The molecule has 80 valence electrons. The first-order valence-corrected chi connectivity index (χ1v) is 5.29. The van der Waals surface area contributed by atoms with Crippen molar-refractivity contribution in [2.24, 2.45) is 0 Å². The van der Waals surface area contributed by atoms with Gasteiger partial charge in [0, 0.05) is 24.5 Å². The van der Waals surface area contributed by atoms with Crippen LogP contribution >= 0.6 is 0 Å². The monoisotopic (exact) mass is 211 g/mol. The second-order valence-corrected chi connectivity index (χ2v) is 3.68. The first-order chi connectivity index (χ1) is 7.76. The van der Waals surface area contributed by atoms with Gasteiger partial charge in [0.05, 0.1) is 11.6 Å². The molecule has 0 aliphatic heterocycles. The Morgan fingerprint density at radius 1 is 1.44 bits per heavy atom. The lowest BCUT2D eigenvalue weighted by molar-refractivity contribution is 0.886. The van der Waals surface area contributed by atoms with Crippen LogP contribution < -0.4 is 0 Å². The van der Waals surface area contributed by atoms with E-state index in [0.29, 0.717) is 5.56 Å². The highest BCUT2D eigenvalue weighted by atomic mass is 15.1. The van der Waals surface area contributed by atoms with Gasteiger partial charge < -0.3 is 4.57 Å². The van der Waals surface area contributed by atoms with Gasteiger partial charge in [-0.15, -0.1) is 0 Å². The molecule has 1 aromatic carbocycles. The van der Waals surface area contributed by atoms with E-state index in [1.54, 1.807) is 6.20 Å². The number of aromatic nitrogens is 2. The van der Waals surface area contributed by atoms with Gasteiger partial charge in [0.25, 0.3) is 0 Å². The molecule has 3 heteroatoms. The highest BCUT2D eigenvalue weighted by molar-refractivity contribution is 5.46. The molecule has 1 heterocycles. The van der Waals surface area contributed by atoms with Crippen LogP contribution in [0, 0.1) is 18.3 Å². The highest BCUT2D eigenvalue weighted by Gasteiger charge is 2.06. The predicted octanol–water partition coefficient (Wildman–Crippen LogP) is 2.61. The number of nitrogens with zero attached hydrogens (tertiary/aromatic N) is 3. The van der Waals surface area contributed by atoms with Crippen LogP contribution in [0.1, 0.15) is 23.9 Å². The first-order valence-electron chi connectivity index (χ1n) is 5.29. The molecule has 0 spiro atoms. The van der Waals surface area contributed by atoms with E-state index in [9.17, 15) is 0 Å². The van der Waals surface area contributed by atoms with Gasteiger partial charge in [0.1, 0.15) is 5.82 Å². The van der Waals surface area contributed by atoms with Crippen molar-refractivity contribution in [3.63, 3.8) is 0 Å². The molecule has 0 radical (unpaired) electrons. The van der Waals surface area contributed by atoms with Crippen molar-refractivity contribution in [1.29, 1.82) is 5.26 Å². The maximum Gasteiger partial charge on any atom is 0.112 e. The summed E-state index contributed by atoms with van der Waals surface area (Å²) in [4.78, 5) is 4.29. The summed E-state index contributed by atoms with van der Waals surface area (Å²) in [5, 5.41) is 8.82. The third kappa shape index (κ3) is 1.70. The summed E-state index contributed by atoms with van der Waals surface area (Å²) in [6.07, 6.45) is 4.65. The molecule has 0 aliphatic carbocycles. The fourth-order valence-corrected chi connectivity index (χ4v) is 1.81. The van der Waals surface area contributed by atoms with Crippen LogP contribution in [0.25, 0.3) is 5.69 Å². The minimum absolute atomic E-state index is 0.694. The molecule has 2 aromatic rings. The summed E-state index contributed by atoms with van der Waals surface area (Å²) in [7, 11) is 0. The van der Waals surface area contributed by atoms with Gasteiger partial charge >= 0.3 is 0 Å². The van der Waals surface area contributed by atoms with Crippen LogP contribution in [-0.2, 0) is 6.42 Å². The molecular weight excluding hydrogens is 198 g/mol. The Hall–Kier alpha value is -2.08. The number of rotatable bonds is 2. The van der Waals surface area contributed by atoms with Gasteiger partial charge in [-0.1, -0.05) is 6.92 Å². The van der Waals surface area contributed by atoms with Crippen molar-refractivity contribution in [1.82, 2.24) is 9.55 Å². The van der Waals surface area contributed by atoms with E-state index in [0.717, 1.165) is 23.5 Å². The highest BCUT2D eigenvalue weighted by Crippen LogP contribution is 2.17. The van der Waals surface area contributed by atoms with Crippen molar-refractivity contribution < 1.29 is 0 Å². The Labute approximate surface area is 95.0 Å². The molecule has 16 heavy (non-hydrogen) atoms. The van der Waals surface area contributed by atoms with Gasteiger partial charge in [0.2, 0.25) is 0 Å². The van der Waals surface area contributed by atoms with Crippen molar-refractivity contribution in [2.75, 3.05) is 0 Å². The van der Waals surface area contributed by atoms with E-state index in [-0.39, 0.29) is 0 Å². The molecule has 0 aliphatic rings. The summed E-state index contributed by atoms with van der Waals surface area (Å²) < 4.78 is 2.07. The Morgan fingerprint density at radius 3 is 2.88 bits per heavy atom. The van der Waals surface area contributed by atoms with Crippen LogP contribution in [0.15, 0.2) is 30.6 Å². The zero-order valence-corrected chi connectivity index (χ0v) is 9.44. The summed E-state index contributed by atoms with van der Waals surface area (Å²) in [5.41, 5.74) is 2.87. The molecule has 0 amide bonds. The lowest BCUT2D eigenvalue weighted by Crippen LogP contribution is -2.01. The minimum atomic E-state index is 0.694. The Bertz CT molecular complexity index is 547. The smallest absolute Gasteiger partial charge is 0.112 e. The third-order valence-corrected chi connectivity index (χ3v) is 2.62. The molecule has 3 nitrogen and oxygen atoms in total. The molecule has 0 N–H and O–H groups in total. The molecule has 0 bridgehead atoms. The summed E-state index contributed by atoms with van der Waals surface area (Å²) >= 11 is 0. The fourth-order valence-electron chi connectivity index (χ4n) is 1.81. The van der Waals surface area contributed by atoms with Gasteiger partial charge in [-0.2, -0.15) is 5.26 Å². The largest absolute Gasteiger partial charge is 0.304 e. The van der Waals surface area contributed by atoms with E-state index in [1.165, 1.54) is 0 Å². The predicted molar refractivity (Wildman–Crippen MR) is 62.4 cm³/mol. The number of hydrogen-bond acceptors (Lipinski definition) is 2. The maximum atomic E-state index is 8.82. The van der Waals surface area contributed by atoms with Crippen molar-refractivity contribution in [2.45, 2.75) is 20.3 Å². The van der Waals surface area contributed by atoms with Crippen molar-refractivity contribution >= 4 is 0 Å². The summed E-state index contributed by atoms with van der Waals surface area (Å²) in [6, 6.07) is 7.84. The van der Waals surface area contributed by atoms with Gasteiger partial charge in [-0.25, -0.2) is 4.98 Å². The molecule has 0 unspecified atom stereocenters. The number of benzene rings is 1. The van der Waals surface area contributed by atoms with E-state index in [2.05, 4.69) is 22.5 Å². The molecule has 0 atom stereocenters. The molecule has 0 fully saturated rings. The third-order valence-electron chi connectivity index (χ3n) is 2.62. The first kappa shape index (κ1) is 10.4. The van der Waals surface area contributed by atoms with Crippen LogP contribution in [0.3, 0.4) is 0 Å². The standard InChI is InChI=1S/C13H13N3/c1-3-13-15-6-7-16(13)12-5-4-11(9-14)8-10(12)2/h4-8H,3H2,1-2H3. The SMILES string of the molecule is CCc1nccn1-c1ccc(C#N)cc1C. The van der Waals surface area contributed by atoms with Crippen molar-refractivity contribution in [3.8, 4) is 11.8 Å². The van der Waals surface area contributed by atoms with Crippen LogP contribution in [-0.4, -0.2) is 9.55 Å². The zero-order valence-electron chi connectivity index (χ0n) is 9.44. The molecule has 1 aromatic heterocycles. The minimum Gasteiger partial charge on any atom is -0.304 e. The van der Waals surface area contributed by atoms with E-state index in [1.807, 2.05) is 31.3 Å². The van der Waals surface area contributed by atoms with E-state index >= 15 is 0 Å². The molecular formula is C13H13N3.